The molecule has 0 fully saturated rings. The van der Waals surface area contributed by atoms with Crippen molar-refractivity contribution in [2.24, 2.45) is 0 Å². The van der Waals surface area contributed by atoms with Crippen molar-refractivity contribution in [2.75, 3.05) is 0 Å². The van der Waals surface area contributed by atoms with Gasteiger partial charge in [0.05, 0.1) is 21.5 Å². The maximum absolute atomic E-state index is 12.6. The summed E-state index contributed by atoms with van der Waals surface area (Å²) in [5.74, 6) is -0.349. The average Bonchev–Trinajstić information content (AvgIpc) is 2.81. The fourth-order valence-corrected chi connectivity index (χ4v) is 2.56. The number of hydrogen-bond acceptors (Lipinski definition) is 5. The monoisotopic (exact) mass is 295 g/mol. The molecular weight excluding hydrogens is 288 g/mol. The Hall–Kier alpha value is -3.42. The lowest BCUT2D eigenvalue weighted by atomic mass is 10.1. The molecule has 1 aromatic heterocycles. The predicted molar refractivity (Wildman–Crippen MR) is 74.5 cm³/mol. The summed E-state index contributed by atoms with van der Waals surface area (Å²) >= 11 is 0. The molecule has 0 radical (unpaired) electrons. The quantitative estimate of drug-likeness (QED) is 0.300. The molecule has 0 aliphatic carbocycles. The number of nitro groups is 1. The second-order valence-electron chi connectivity index (χ2n) is 4.80. The summed E-state index contributed by atoms with van der Waals surface area (Å²) in [4.78, 5) is 39.3. The Labute approximate surface area is 122 Å². The van der Waals surface area contributed by atoms with E-state index in [0.717, 1.165) is 10.7 Å². The van der Waals surface area contributed by atoms with Crippen molar-refractivity contribution in [1.82, 2.24) is 9.67 Å². The van der Waals surface area contributed by atoms with Gasteiger partial charge in [-0.1, -0.05) is 12.1 Å². The normalized spacial score (nSPS) is 12.3. The summed E-state index contributed by atoms with van der Waals surface area (Å²) in [5.41, 5.74) is 0.843. The molecule has 106 valence electrons. The highest BCUT2D eigenvalue weighted by Gasteiger charge is 2.35. The SMILES string of the molecule is O=C1c2ccccc2-n2c1nc1ccc([N+](=O)[O-])cc1[n+]2=O. The summed E-state index contributed by atoms with van der Waals surface area (Å²) in [6.07, 6.45) is 0. The zero-order valence-electron chi connectivity index (χ0n) is 11.0. The molecule has 1 aliphatic heterocycles. The van der Waals surface area contributed by atoms with Crippen LogP contribution in [-0.4, -0.2) is 20.4 Å². The van der Waals surface area contributed by atoms with Gasteiger partial charge in [-0.05, 0) is 22.9 Å². The van der Waals surface area contributed by atoms with Gasteiger partial charge in [0.15, 0.2) is 4.54 Å². The van der Waals surface area contributed by atoms with Crippen molar-refractivity contribution < 1.29 is 14.3 Å². The number of rotatable bonds is 1. The van der Waals surface area contributed by atoms with E-state index in [2.05, 4.69) is 4.98 Å². The first kappa shape index (κ1) is 12.3. The largest absolute Gasteiger partial charge is 0.325 e. The first-order valence-electron chi connectivity index (χ1n) is 6.36. The van der Waals surface area contributed by atoms with Crippen LogP contribution in [-0.2, 0) is 0 Å². The summed E-state index contributed by atoms with van der Waals surface area (Å²) < 4.78 is 1.60. The van der Waals surface area contributed by atoms with Crippen LogP contribution >= 0.6 is 0 Å². The van der Waals surface area contributed by atoms with E-state index < -0.39 is 4.92 Å². The lowest BCUT2D eigenvalue weighted by Gasteiger charge is -1.97. The number of non-ortho nitro benzene ring substituents is 1. The van der Waals surface area contributed by atoms with Crippen LogP contribution < -0.4 is 4.54 Å². The Morgan fingerprint density at radius 1 is 1.18 bits per heavy atom. The molecule has 0 atom stereocenters. The molecule has 0 bridgehead atoms. The molecular formula is C14H7N4O4+. The van der Waals surface area contributed by atoms with E-state index in [1.165, 1.54) is 12.1 Å². The molecule has 0 spiro atoms. The van der Waals surface area contributed by atoms with E-state index in [1.54, 1.807) is 24.3 Å². The molecule has 0 amide bonds. The minimum Gasteiger partial charge on any atom is -0.285 e. The molecule has 22 heavy (non-hydrogen) atoms. The standard InChI is InChI=1S/C14H7N4O4/c19-13-9-3-1-2-4-11(9)16-14(13)15-10-6-5-8(18(21)22)7-12(10)17(16)20/h1-7H/q+1. The molecule has 3 aromatic rings. The van der Waals surface area contributed by atoms with Crippen LogP contribution in [0.2, 0.25) is 0 Å². The van der Waals surface area contributed by atoms with Gasteiger partial charge in [0.2, 0.25) is 11.6 Å². The molecule has 0 N–H and O–H groups in total. The van der Waals surface area contributed by atoms with Crippen LogP contribution in [0.4, 0.5) is 5.69 Å². The van der Waals surface area contributed by atoms with Crippen molar-refractivity contribution in [3.05, 3.63) is 68.9 Å². The van der Waals surface area contributed by atoms with E-state index in [4.69, 9.17) is 0 Å². The zero-order valence-corrected chi connectivity index (χ0v) is 11.0. The number of para-hydroxylation sites is 1. The van der Waals surface area contributed by atoms with Crippen LogP contribution in [0, 0.1) is 15.0 Å². The van der Waals surface area contributed by atoms with Crippen LogP contribution in [0.1, 0.15) is 16.2 Å². The number of benzene rings is 2. The third kappa shape index (κ3) is 1.46. The van der Waals surface area contributed by atoms with Gasteiger partial charge in [-0.3, -0.25) is 14.9 Å². The van der Waals surface area contributed by atoms with Gasteiger partial charge in [-0.2, -0.15) is 0 Å². The van der Waals surface area contributed by atoms with Gasteiger partial charge in [-0.25, -0.2) is 4.98 Å². The van der Waals surface area contributed by atoms with Crippen molar-refractivity contribution in [2.45, 2.75) is 0 Å². The van der Waals surface area contributed by atoms with Crippen LogP contribution in [0.3, 0.4) is 0 Å². The van der Waals surface area contributed by atoms with Crippen molar-refractivity contribution in [1.29, 1.82) is 0 Å². The second-order valence-corrected chi connectivity index (χ2v) is 4.80. The van der Waals surface area contributed by atoms with E-state index in [9.17, 15) is 19.8 Å². The molecule has 0 unspecified atom stereocenters. The Bertz CT molecular complexity index is 1050. The number of fused-ring (bicyclic) bond motifs is 4. The van der Waals surface area contributed by atoms with Crippen molar-refractivity contribution in [3.63, 3.8) is 0 Å². The lowest BCUT2D eigenvalue weighted by molar-refractivity contribution is -0.559. The van der Waals surface area contributed by atoms with E-state index >= 15 is 0 Å². The highest BCUT2D eigenvalue weighted by atomic mass is 16.6. The van der Waals surface area contributed by atoms with E-state index in [-0.39, 0.29) is 28.3 Å². The first-order chi connectivity index (χ1) is 10.6. The fraction of sp³-hybridized carbons (Fsp3) is 0. The number of ketones is 1. The van der Waals surface area contributed by atoms with Gasteiger partial charge < -0.3 is 0 Å². The van der Waals surface area contributed by atoms with E-state index in [0.29, 0.717) is 15.8 Å². The number of carbonyl (C=O) groups excluding carboxylic acids is 1. The number of hydrogen-bond donors (Lipinski definition) is 0. The highest BCUT2D eigenvalue weighted by Crippen LogP contribution is 2.26. The minimum atomic E-state index is -0.587. The summed E-state index contributed by atoms with van der Waals surface area (Å²) in [6.45, 7) is 0. The van der Waals surface area contributed by atoms with Gasteiger partial charge in [0.25, 0.3) is 5.69 Å². The summed E-state index contributed by atoms with van der Waals surface area (Å²) in [5, 5.41) is 10.9. The molecule has 4 rings (SSSR count). The second kappa shape index (κ2) is 4.04. The number of carbonyl (C=O) groups is 1. The van der Waals surface area contributed by atoms with Crippen molar-refractivity contribution >= 4 is 22.5 Å². The molecule has 0 saturated heterocycles. The summed E-state index contributed by atoms with van der Waals surface area (Å²) in [7, 11) is 0. The zero-order chi connectivity index (χ0) is 15.4. The lowest BCUT2D eigenvalue weighted by Crippen LogP contribution is -2.32. The number of nitrogens with zero attached hydrogens (tertiary/aromatic N) is 4. The number of nitro benzene ring substituents is 1. The Morgan fingerprint density at radius 2 is 1.95 bits per heavy atom. The maximum atomic E-state index is 12.6. The maximum Gasteiger partial charge on any atom is 0.325 e. The average molecular weight is 295 g/mol. The Balaban J connectivity index is 2.14. The van der Waals surface area contributed by atoms with Gasteiger partial charge >= 0.3 is 5.52 Å². The first-order valence-corrected chi connectivity index (χ1v) is 6.36. The molecule has 2 heterocycles. The smallest absolute Gasteiger partial charge is 0.285 e. The Morgan fingerprint density at radius 3 is 2.73 bits per heavy atom. The minimum absolute atomic E-state index is 0.00227. The third-order valence-electron chi connectivity index (χ3n) is 3.56. The predicted octanol–water partition coefficient (Wildman–Crippen LogP) is 1.39. The topological polar surface area (TPSA) is 101 Å². The van der Waals surface area contributed by atoms with Gasteiger partial charge in [0, 0.05) is 6.07 Å². The molecule has 8 nitrogen and oxygen atoms in total. The van der Waals surface area contributed by atoms with Crippen LogP contribution in [0.5, 0.6) is 0 Å². The van der Waals surface area contributed by atoms with Crippen molar-refractivity contribution in [3.8, 4) is 5.69 Å². The number of aromatic nitrogens is 3. The highest BCUT2D eigenvalue weighted by molar-refractivity contribution is 6.12. The molecule has 0 saturated carbocycles. The summed E-state index contributed by atoms with van der Waals surface area (Å²) in [6, 6.07) is 10.4. The molecule has 2 aromatic carbocycles. The van der Waals surface area contributed by atoms with Crippen LogP contribution in [0.15, 0.2) is 42.5 Å². The molecule has 1 aliphatic rings. The van der Waals surface area contributed by atoms with Gasteiger partial charge in [-0.15, -0.1) is 0 Å². The van der Waals surface area contributed by atoms with Crippen LogP contribution in [0.25, 0.3) is 16.7 Å². The molecule has 8 heteroatoms. The van der Waals surface area contributed by atoms with Gasteiger partial charge in [0.1, 0.15) is 11.2 Å². The van der Waals surface area contributed by atoms with E-state index in [1.807, 2.05) is 0 Å². The Kier molecular flexibility index (Phi) is 2.27. The third-order valence-corrected chi connectivity index (χ3v) is 3.56. The fourth-order valence-electron chi connectivity index (χ4n) is 2.56.